The van der Waals surface area contributed by atoms with E-state index in [1.165, 1.54) is 16.9 Å². The van der Waals surface area contributed by atoms with Crippen LogP contribution in [0.25, 0.3) is 0 Å². The molecule has 1 amide bonds. The Hall–Kier alpha value is -2.54. The summed E-state index contributed by atoms with van der Waals surface area (Å²) >= 11 is 0. The van der Waals surface area contributed by atoms with Crippen molar-refractivity contribution in [2.24, 2.45) is 0 Å². The van der Waals surface area contributed by atoms with E-state index in [1.807, 2.05) is 24.3 Å². The molecule has 1 heterocycles. The first-order valence-corrected chi connectivity index (χ1v) is 9.76. The molecule has 0 atom stereocenters. The molecule has 3 rings (SSSR count). The quantitative estimate of drug-likeness (QED) is 0.818. The van der Waals surface area contributed by atoms with Crippen LogP contribution in [0.5, 0.6) is 5.75 Å². The first-order valence-electron chi connectivity index (χ1n) is 7.91. The number of fused-ring (bicyclic) bond motifs is 1. The van der Waals surface area contributed by atoms with Crippen LogP contribution >= 0.6 is 0 Å². The van der Waals surface area contributed by atoms with Crippen LogP contribution in [0.3, 0.4) is 0 Å². The van der Waals surface area contributed by atoms with Crippen LogP contribution in [0.4, 0.5) is 11.4 Å². The summed E-state index contributed by atoms with van der Waals surface area (Å²) in [4.78, 5) is 14.1. The fourth-order valence-electron chi connectivity index (χ4n) is 2.76. The van der Waals surface area contributed by atoms with Gasteiger partial charge in [0.1, 0.15) is 5.75 Å². The highest BCUT2D eigenvalue weighted by Gasteiger charge is 2.24. The van der Waals surface area contributed by atoms with Gasteiger partial charge in [-0.3, -0.25) is 9.10 Å². The van der Waals surface area contributed by atoms with Gasteiger partial charge in [0.05, 0.1) is 11.9 Å². The summed E-state index contributed by atoms with van der Waals surface area (Å²) in [6.45, 7) is 0.606. The number of hydrogen-bond acceptors (Lipinski definition) is 4. The fourth-order valence-corrected chi connectivity index (χ4v) is 3.27. The van der Waals surface area contributed by atoms with Crippen LogP contribution in [-0.4, -0.2) is 40.8 Å². The van der Waals surface area contributed by atoms with Crippen LogP contribution in [0.15, 0.2) is 48.5 Å². The molecule has 1 aliphatic rings. The number of para-hydroxylation sites is 1. The molecule has 0 radical (unpaired) electrons. The second kappa shape index (κ2) is 6.76. The number of amides is 1. The average Bonchev–Trinajstić information content (AvgIpc) is 3.03. The third kappa shape index (κ3) is 3.76. The maximum atomic E-state index is 12.4. The highest BCUT2D eigenvalue weighted by atomic mass is 32.2. The molecule has 0 spiro atoms. The minimum Gasteiger partial charge on any atom is -0.484 e. The van der Waals surface area contributed by atoms with Gasteiger partial charge in [0.2, 0.25) is 10.0 Å². The zero-order valence-electron chi connectivity index (χ0n) is 14.2. The molecule has 2 aromatic carbocycles. The van der Waals surface area contributed by atoms with E-state index in [0.29, 0.717) is 18.0 Å². The molecule has 0 unspecified atom stereocenters. The minimum absolute atomic E-state index is 0.0599. The summed E-state index contributed by atoms with van der Waals surface area (Å²) in [5, 5.41) is 0. The number of carbonyl (C=O) groups is 1. The van der Waals surface area contributed by atoms with Crippen LogP contribution in [-0.2, 0) is 21.2 Å². The average molecular weight is 360 g/mol. The van der Waals surface area contributed by atoms with Crippen molar-refractivity contribution in [1.29, 1.82) is 0 Å². The molecule has 2 aromatic rings. The Morgan fingerprint density at radius 2 is 1.84 bits per heavy atom. The lowest BCUT2D eigenvalue weighted by Gasteiger charge is -2.18. The van der Waals surface area contributed by atoms with Crippen molar-refractivity contribution >= 4 is 27.3 Å². The van der Waals surface area contributed by atoms with E-state index in [4.69, 9.17) is 4.74 Å². The van der Waals surface area contributed by atoms with E-state index in [9.17, 15) is 13.2 Å². The number of carbonyl (C=O) groups excluding carboxylic acids is 1. The van der Waals surface area contributed by atoms with Crippen LogP contribution in [0.1, 0.15) is 5.56 Å². The van der Waals surface area contributed by atoms with E-state index in [-0.39, 0.29) is 12.5 Å². The largest absolute Gasteiger partial charge is 0.484 e. The van der Waals surface area contributed by atoms with Gasteiger partial charge in [0.15, 0.2) is 6.61 Å². The van der Waals surface area contributed by atoms with E-state index in [2.05, 4.69) is 0 Å². The molecule has 0 saturated heterocycles. The Balaban J connectivity index is 1.62. The second-order valence-electron chi connectivity index (χ2n) is 5.94. The summed E-state index contributed by atoms with van der Waals surface area (Å²) in [6.07, 6.45) is 2.00. The number of hydrogen-bond donors (Lipinski definition) is 0. The van der Waals surface area contributed by atoms with Crippen molar-refractivity contribution < 1.29 is 17.9 Å². The van der Waals surface area contributed by atoms with Crippen LogP contribution in [0, 0.1) is 0 Å². The maximum Gasteiger partial charge on any atom is 0.264 e. The van der Waals surface area contributed by atoms with Gasteiger partial charge in [-0.25, -0.2) is 8.42 Å². The lowest BCUT2D eigenvalue weighted by atomic mass is 10.2. The van der Waals surface area contributed by atoms with Gasteiger partial charge in [-0.15, -0.1) is 0 Å². The molecule has 0 saturated carbocycles. The number of rotatable bonds is 5. The maximum absolute atomic E-state index is 12.4. The Bertz CT molecular complexity index is 878. The van der Waals surface area contributed by atoms with Gasteiger partial charge >= 0.3 is 0 Å². The summed E-state index contributed by atoms with van der Waals surface area (Å²) in [6, 6.07) is 14.5. The summed E-state index contributed by atoms with van der Waals surface area (Å²) in [7, 11) is -1.82. The fraction of sp³-hybridized carbons (Fsp3) is 0.278. The Morgan fingerprint density at radius 1 is 1.16 bits per heavy atom. The van der Waals surface area contributed by atoms with Gasteiger partial charge in [-0.1, -0.05) is 18.2 Å². The molecule has 0 aliphatic carbocycles. The van der Waals surface area contributed by atoms with E-state index in [0.717, 1.165) is 18.4 Å². The third-order valence-electron chi connectivity index (χ3n) is 4.25. The molecule has 0 fully saturated rings. The van der Waals surface area contributed by atoms with Crippen LogP contribution < -0.4 is 13.9 Å². The van der Waals surface area contributed by atoms with E-state index >= 15 is 0 Å². The van der Waals surface area contributed by atoms with Gasteiger partial charge in [-0.05, 0) is 42.3 Å². The minimum atomic E-state index is -3.30. The number of benzene rings is 2. The van der Waals surface area contributed by atoms with Crippen LogP contribution in [0.2, 0.25) is 0 Å². The lowest BCUT2D eigenvalue weighted by Crippen LogP contribution is -2.33. The number of nitrogens with zero attached hydrogens (tertiary/aromatic N) is 2. The molecule has 132 valence electrons. The van der Waals surface area contributed by atoms with Crippen molar-refractivity contribution in [3.8, 4) is 5.75 Å². The van der Waals surface area contributed by atoms with E-state index in [1.54, 1.807) is 29.2 Å². The van der Waals surface area contributed by atoms with Crippen molar-refractivity contribution in [3.05, 3.63) is 54.1 Å². The third-order valence-corrected chi connectivity index (χ3v) is 5.45. The van der Waals surface area contributed by atoms with Gasteiger partial charge in [0, 0.05) is 19.3 Å². The topological polar surface area (TPSA) is 66.9 Å². The molecule has 6 nitrogen and oxygen atoms in total. The lowest BCUT2D eigenvalue weighted by molar-refractivity contribution is -0.120. The molecule has 0 N–H and O–H groups in total. The normalized spacial score (nSPS) is 13.4. The van der Waals surface area contributed by atoms with Gasteiger partial charge in [0.25, 0.3) is 5.91 Å². The molecule has 25 heavy (non-hydrogen) atoms. The molecule has 1 aliphatic heterocycles. The number of anilines is 2. The zero-order chi connectivity index (χ0) is 18.0. The first-order chi connectivity index (χ1) is 11.9. The predicted octanol–water partition coefficient (Wildman–Crippen LogP) is 2.05. The number of sulfonamides is 1. The zero-order valence-corrected chi connectivity index (χ0v) is 15.0. The first kappa shape index (κ1) is 17.3. The van der Waals surface area contributed by atoms with Crippen molar-refractivity contribution in [2.75, 3.05) is 35.7 Å². The Labute approximate surface area is 147 Å². The predicted molar refractivity (Wildman–Crippen MR) is 97.7 cm³/mol. The molecular weight excluding hydrogens is 340 g/mol. The highest BCUT2D eigenvalue weighted by Crippen LogP contribution is 2.27. The van der Waals surface area contributed by atoms with Crippen molar-refractivity contribution in [2.45, 2.75) is 6.42 Å². The number of ether oxygens (including phenoxy) is 1. The molecular formula is C18H20N2O4S. The summed E-state index contributed by atoms with van der Waals surface area (Å²) < 4.78 is 29.8. The second-order valence-corrected chi connectivity index (χ2v) is 7.95. The standard InChI is InChI=1S/C18H20N2O4S/c1-19(25(2,22)23)15-7-9-16(10-8-15)24-13-18(21)20-12-11-14-5-3-4-6-17(14)20/h3-10H,11-13H2,1-2H3. The highest BCUT2D eigenvalue weighted by molar-refractivity contribution is 7.92. The van der Waals surface area contributed by atoms with Crippen molar-refractivity contribution in [1.82, 2.24) is 0 Å². The molecule has 0 aromatic heterocycles. The Morgan fingerprint density at radius 3 is 2.52 bits per heavy atom. The monoisotopic (exact) mass is 360 g/mol. The summed E-state index contributed by atoms with van der Waals surface area (Å²) in [5.41, 5.74) is 2.65. The smallest absolute Gasteiger partial charge is 0.264 e. The Kier molecular flexibility index (Phi) is 4.67. The summed E-state index contributed by atoms with van der Waals surface area (Å²) in [5.74, 6) is 0.425. The molecule has 0 bridgehead atoms. The van der Waals surface area contributed by atoms with Crippen molar-refractivity contribution in [3.63, 3.8) is 0 Å². The van der Waals surface area contributed by atoms with E-state index < -0.39 is 10.0 Å². The van der Waals surface area contributed by atoms with Gasteiger partial charge in [-0.2, -0.15) is 0 Å². The van der Waals surface area contributed by atoms with Gasteiger partial charge < -0.3 is 9.64 Å². The SMILES string of the molecule is CN(c1ccc(OCC(=O)N2CCc3ccccc32)cc1)S(C)(=O)=O. The molecule has 7 heteroatoms.